The summed E-state index contributed by atoms with van der Waals surface area (Å²) in [6.45, 7) is 0.362. The number of primary amides is 1. The van der Waals surface area contributed by atoms with Crippen LogP contribution in [0, 0.1) is 5.82 Å². The Labute approximate surface area is 116 Å². The van der Waals surface area contributed by atoms with E-state index in [1.807, 2.05) is 0 Å². The van der Waals surface area contributed by atoms with Crippen LogP contribution in [-0.4, -0.2) is 13.0 Å². The van der Waals surface area contributed by atoms with E-state index in [0.29, 0.717) is 29.2 Å². The van der Waals surface area contributed by atoms with Crippen molar-refractivity contribution in [2.24, 2.45) is 5.73 Å². The fraction of sp³-hybridized carbons (Fsp3) is 0.133. The largest absolute Gasteiger partial charge is 0.457 e. The van der Waals surface area contributed by atoms with E-state index in [-0.39, 0.29) is 5.82 Å². The van der Waals surface area contributed by atoms with Gasteiger partial charge in [-0.15, -0.1) is 0 Å². The Morgan fingerprint density at radius 2 is 1.95 bits per heavy atom. The molecule has 0 aliphatic rings. The minimum Gasteiger partial charge on any atom is -0.457 e. The van der Waals surface area contributed by atoms with Crippen LogP contribution in [0.5, 0.6) is 11.5 Å². The maximum atomic E-state index is 13.7. The molecular weight excluding hydrogens is 259 g/mol. The highest BCUT2D eigenvalue weighted by molar-refractivity contribution is 5.92. The Balaban J connectivity index is 2.25. The van der Waals surface area contributed by atoms with E-state index in [9.17, 15) is 9.18 Å². The molecule has 5 heteroatoms. The second kappa shape index (κ2) is 6.16. The topological polar surface area (TPSA) is 64.3 Å². The van der Waals surface area contributed by atoms with Crippen molar-refractivity contribution >= 4 is 5.91 Å². The quantitative estimate of drug-likeness (QED) is 0.880. The van der Waals surface area contributed by atoms with Crippen molar-refractivity contribution in [3.05, 3.63) is 59.4 Å². The van der Waals surface area contributed by atoms with E-state index in [4.69, 9.17) is 10.5 Å². The number of carbonyl (C=O) groups excluding carboxylic acids is 1. The van der Waals surface area contributed by atoms with Gasteiger partial charge in [0.05, 0.1) is 0 Å². The van der Waals surface area contributed by atoms with Gasteiger partial charge in [-0.1, -0.05) is 6.07 Å². The van der Waals surface area contributed by atoms with E-state index >= 15 is 0 Å². The molecule has 0 unspecified atom stereocenters. The zero-order valence-corrected chi connectivity index (χ0v) is 11.0. The predicted octanol–water partition coefficient (Wildman–Crippen LogP) is 2.44. The van der Waals surface area contributed by atoms with E-state index < -0.39 is 5.91 Å². The molecule has 2 rings (SSSR count). The summed E-state index contributed by atoms with van der Waals surface area (Å²) >= 11 is 0. The highest BCUT2D eigenvalue weighted by Crippen LogP contribution is 2.27. The van der Waals surface area contributed by atoms with Crippen molar-refractivity contribution in [3.8, 4) is 11.5 Å². The third-order valence-corrected chi connectivity index (χ3v) is 2.80. The Kier molecular flexibility index (Phi) is 4.32. The van der Waals surface area contributed by atoms with E-state index in [0.717, 1.165) is 0 Å². The van der Waals surface area contributed by atoms with Gasteiger partial charge in [-0.25, -0.2) is 4.39 Å². The Morgan fingerprint density at radius 3 is 2.55 bits per heavy atom. The molecule has 0 radical (unpaired) electrons. The van der Waals surface area contributed by atoms with Crippen LogP contribution in [0.1, 0.15) is 15.9 Å². The molecule has 2 aromatic carbocycles. The molecule has 0 fully saturated rings. The number of benzene rings is 2. The van der Waals surface area contributed by atoms with Gasteiger partial charge < -0.3 is 15.8 Å². The molecule has 3 N–H and O–H groups in total. The number of amides is 1. The van der Waals surface area contributed by atoms with Gasteiger partial charge in [-0.05, 0) is 43.4 Å². The number of hydrogen-bond donors (Lipinski definition) is 2. The van der Waals surface area contributed by atoms with Crippen LogP contribution in [0.25, 0.3) is 0 Å². The van der Waals surface area contributed by atoms with Gasteiger partial charge in [0.15, 0.2) is 0 Å². The number of halogens is 1. The minimum absolute atomic E-state index is 0.328. The normalized spacial score (nSPS) is 10.3. The average Bonchev–Trinajstić information content (AvgIpc) is 2.43. The number of nitrogens with two attached hydrogens (primary N) is 1. The van der Waals surface area contributed by atoms with Gasteiger partial charge >= 0.3 is 0 Å². The summed E-state index contributed by atoms with van der Waals surface area (Å²) in [6.07, 6.45) is 0. The summed E-state index contributed by atoms with van der Waals surface area (Å²) in [4.78, 5) is 11.0. The van der Waals surface area contributed by atoms with Crippen LogP contribution in [0.2, 0.25) is 0 Å². The molecule has 2 aromatic rings. The first-order valence-electron chi connectivity index (χ1n) is 6.11. The lowest BCUT2D eigenvalue weighted by molar-refractivity contribution is 0.100. The number of hydrogen-bond acceptors (Lipinski definition) is 3. The van der Waals surface area contributed by atoms with Crippen LogP contribution in [0.15, 0.2) is 42.5 Å². The Hall–Kier alpha value is -2.40. The Bertz CT molecular complexity index is 612. The van der Waals surface area contributed by atoms with Crippen LogP contribution < -0.4 is 15.8 Å². The lowest BCUT2D eigenvalue weighted by atomic mass is 10.1. The smallest absolute Gasteiger partial charge is 0.248 e. The average molecular weight is 274 g/mol. The summed E-state index contributed by atoms with van der Waals surface area (Å²) in [5.41, 5.74) is 6.01. The number of carbonyl (C=O) groups is 1. The number of nitrogens with one attached hydrogen (secondary N) is 1. The summed E-state index contributed by atoms with van der Waals surface area (Å²) < 4.78 is 19.4. The summed E-state index contributed by atoms with van der Waals surface area (Å²) in [6, 6.07) is 11.0. The lowest BCUT2D eigenvalue weighted by Crippen LogP contribution is -2.10. The molecule has 0 aliphatic heterocycles. The third kappa shape index (κ3) is 3.13. The van der Waals surface area contributed by atoms with Gasteiger partial charge in [0, 0.05) is 17.7 Å². The SMILES string of the molecule is CNCc1c(F)cccc1Oc1ccc(C(N)=O)cc1. The van der Waals surface area contributed by atoms with Crippen molar-refractivity contribution in [2.75, 3.05) is 7.05 Å². The van der Waals surface area contributed by atoms with E-state index in [1.54, 1.807) is 43.4 Å². The molecule has 0 saturated carbocycles. The van der Waals surface area contributed by atoms with Crippen molar-refractivity contribution < 1.29 is 13.9 Å². The van der Waals surface area contributed by atoms with Crippen LogP contribution in [0.4, 0.5) is 4.39 Å². The van der Waals surface area contributed by atoms with Crippen molar-refractivity contribution in [3.63, 3.8) is 0 Å². The van der Waals surface area contributed by atoms with E-state index in [1.165, 1.54) is 6.07 Å². The fourth-order valence-electron chi connectivity index (χ4n) is 1.80. The summed E-state index contributed by atoms with van der Waals surface area (Å²) in [5.74, 6) is 0.118. The molecule has 104 valence electrons. The second-order valence-corrected chi connectivity index (χ2v) is 4.24. The first-order valence-corrected chi connectivity index (χ1v) is 6.11. The second-order valence-electron chi connectivity index (χ2n) is 4.24. The third-order valence-electron chi connectivity index (χ3n) is 2.80. The standard InChI is InChI=1S/C15H15FN2O2/c1-18-9-12-13(16)3-2-4-14(12)20-11-7-5-10(6-8-11)15(17)19/h2-8,18H,9H2,1H3,(H2,17,19). The van der Waals surface area contributed by atoms with E-state index in [2.05, 4.69) is 5.32 Å². The zero-order chi connectivity index (χ0) is 14.5. The van der Waals surface area contributed by atoms with Crippen molar-refractivity contribution in [1.82, 2.24) is 5.32 Å². The maximum absolute atomic E-state index is 13.7. The summed E-state index contributed by atoms with van der Waals surface area (Å²) in [7, 11) is 1.73. The highest BCUT2D eigenvalue weighted by atomic mass is 19.1. The van der Waals surface area contributed by atoms with Crippen molar-refractivity contribution in [1.29, 1.82) is 0 Å². The summed E-state index contributed by atoms with van der Waals surface area (Å²) in [5, 5.41) is 2.89. The number of ether oxygens (including phenoxy) is 1. The monoisotopic (exact) mass is 274 g/mol. The van der Waals surface area contributed by atoms with Gasteiger partial charge in [0.1, 0.15) is 17.3 Å². The van der Waals surface area contributed by atoms with Gasteiger partial charge in [0.25, 0.3) is 0 Å². The van der Waals surface area contributed by atoms with Gasteiger partial charge in [-0.2, -0.15) is 0 Å². The zero-order valence-electron chi connectivity index (χ0n) is 11.0. The molecule has 20 heavy (non-hydrogen) atoms. The minimum atomic E-state index is -0.502. The van der Waals surface area contributed by atoms with Gasteiger partial charge in [0.2, 0.25) is 5.91 Å². The maximum Gasteiger partial charge on any atom is 0.248 e. The van der Waals surface area contributed by atoms with Crippen LogP contribution in [0.3, 0.4) is 0 Å². The molecule has 1 amide bonds. The molecule has 4 nitrogen and oxygen atoms in total. The molecule has 0 bridgehead atoms. The van der Waals surface area contributed by atoms with Crippen molar-refractivity contribution in [2.45, 2.75) is 6.54 Å². The predicted molar refractivity (Wildman–Crippen MR) is 74.2 cm³/mol. The highest BCUT2D eigenvalue weighted by Gasteiger charge is 2.10. The molecule has 0 atom stereocenters. The first kappa shape index (κ1) is 14.0. The first-order chi connectivity index (χ1) is 9.61. The molecule has 0 aromatic heterocycles. The molecule has 0 aliphatic carbocycles. The Morgan fingerprint density at radius 1 is 1.25 bits per heavy atom. The van der Waals surface area contributed by atoms with Crippen LogP contribution in [-0.2, 0) is 6.54 Å². The fourth-order valence-corrected chi connectivity index (χ4v) is 1.80. The molecular formula is C15H15FN2O2. The van der Waals surface area contributed by atoms with Crippen LogP contribution >= 0.6 is 0 Å². The molecule has 0 heterocycles. The number of rotatable bonds is 5. The lowest BCUT2D eigenvalue weighted by Gasteiger charge is -2.12. The van der Waals surface area contributed by atoms with Gasteiger partial charge in [-0.3, -0.25) is 4.79 Å². The molecule has 0 spiro atoms. The molecule has 0 saturated heterocycles.